The van der Waals surface area contributed by atoms with Crippen LogP contribution in [0.25, 0.3) is 0 Å². The second-order valence-corrected chi connectivity index (χ2v) is 7.76. The molecule has 2 rings (SSSR count). The van der Waals surface area contributed by atoms with Crippen LogP contribution >= 0.6 is 0 Å². The molecule has 0 aliphatic rings. The zero-order valence-corrected chi connectivity index (χ0v) is 17.2. The van der Waals surface area contributed by atoms with Crippen molar-refractivity contribution in [2.45, 2.75) is 18.4 Å². The maximum Gasteiger partial charge on any atom is 0.242 e. The average Bonchev–Trinajstić information content (AvgIpc) is 2.70. The van der Waals surface area contributed by atoms with Crippen LogP contribution in [0.15, 0.2) is 58.7 Å². The molecule has 9 heteroatoms. The molecule has 1 aromatic carbocycles. The molecule has 0 fully saturated rings. The third-order valence-electron chi connectivity index (χ3n) is 3.87. The van der Waals surface area contributed by atoms with Gasteiger partial charge in [-0.15, -0.1) is 0 Å². The number of ether oxygens (including phenoxy) is 1. The van der Waals surface area contributed by atoms with Gasteiger partial charge >= 0.3 is 0 Å². The lowest BCUT2D eigenvalue weighted by Gasteiger charge is -2.22. The molecule has 8 nitrogen and oxygen atoms in total. The molecular weight excluding hydrogens is 378 g/mol. The van der Waals surface area contributed by atoms with E-state index >= 15 is 0 Å². The summed E-state index contributed by atoms with van der Waals surface area (Å²) >= 11 is 0. The van der Waals surface area contributed by atoms with E-state index in [2.05, 4.69) is 20.0 Å². The number of nitrogens with zero attached hydrogens (tertiary/aromatic N) is 3. The lowest BCUT2D eigenvalue weighted by Crippen LogP contribution is -2.42. The maximum atomic E-state index is 12.2. The second kappa shape index (κ2) is 10.6. The van der Waals surface area contributed by atoms with Gasteiger partial charge in [0.1, 0.15) is 10.6 Å². The van der Waals surface area contributed by atoms with Gasteiger partial charge in [0, 0.05) is 46.1 Å². The van der Waals surface area contributed by atoms with Crippen molar-refractivity contribution < 1.29 is 13.2 Å². The summed E-state index contributed by atoms with van der Waals surface area (Å²) in [6.45, 7) is 3.88. The zero-order valence-electron chi connectivity index (χ0n) is 16.4. The lowest BCUT2D eigenvalue weighted by molar-refractivity contribution is 0.340. The minimum absolute atomic E-state index is 0.145. The molecule has 0 saturated heterocycles. The normalized spacial score (nSPS) is 11.9. The van der Waals surface area contributed by atoms with Crippen molar-refractivity contribution >= 4 is 16.0 Å². The third-order valence-corrected chi connectivity index (χ3v) is 5.32. The van der Waals surface area contributed by atoms with E-state index in [4.69, 9.17) is 4.74 Å². The molecular formula is C19H27N5O3S. The number of aromatic nitrogens is 1. The molecule has 0 spiro atoms. The quantitative estimate of drug-likeness (QED) is 0.373. The Labute approximate surface area is 166 Å². The molecule has 0 unspecified atom stereocenters. The van der Waals surface area contributed by atoms with Crippen molar-refractivity contribution in [1.29, 1.82) is 0 Å². The number of hydrogen-bond acceptors (Lipinski definition) is 5. The molecule has 28 heavy (non-hydrogen) atoms. The second-order valence-electron chi connectivity index (χ2n) is 5.99. The first-order chi connectivity index (χ1) is 13.5. The Morgan fingerprint density at radius 1 is 1.21 bits per heavy atom. The molecule has 1 heterocycles. The Morgan fingerprint density at radius 2 is 1.96 bits per heavy atom. The smallest absolute Gasteiger partial charge is 0.242 e. The summed E-state index contributed by atoms with van der Waals surface area (Å²) in [5.74, 6) is 1.52. The van der Waals surface area contributed by atoms with Gasteiger partial charge in [0.05, 0.1) is 6.61 Å². The van der Waals surface area contributed by atoms with Crippen molar-refractivity contribution in [3.05, 3.63) is 54.4 Å². The topological polar surface area (TPSA) is 95.9 Å². The van der Waals surface area contributed by atoms with Gasteiger partial charge in [-0.25, -0.2) is 13.1 Å². The van der Waals surface area contributed by atoms with Crippen LogP contribution in [0.5, 0.6) is 5.75 Å². The van der Waals surface area contributed by atoms with Gasteiger partial charge in [0.15, 0.2) is 5.96 Å². The fourth-order valence-electron chi connectivity index (χ4n) is 2.54. The van der Waals surface area contributed by atoms with Crippen LogP contribution in [0.4, 0.5) is 0 Å². The van der Waals surface area contributed by atoms with E-state index in [0.717, 1.165) is 11.3 Å². The number of pyridine rings is 1. The van der Waals surface area contributed by atoms with Crippen LogP contribution in [0, 0.1) is 0 Å². The summed E-state index contributed by atoms with van der Waals surface area (Å²) in [5, 5.41) is 3.15. The largest absolute Gasteiger partial charge is 0.494 e. The highest BCUT2D eigenvalue weighted by Gasteiger charge is 2.13. The molecule has 0 aliphatic carbocycles. The van der Waals surface area contributed by atoms with Crippen molar-refractivity contribution in [1.82, 2.24) is 19.9 Å². The monoisotopic (exact) mass is 405 g/mol. The standard InChI is InChI=1S/C19H27N5O3S/c1-4-27-17-9-7-16(8-10-17)15-24(3)19(20-2)22-12-13-23-28(25,26)18-6-5-11-21-14-18/h5-11,14,23H,4,12-13,15H2,1-3H3,(H,20,22). The van der Waals surface area contributed by atoms with E-state index < -0.39 is 10.0 Å². The lowest BCUT2D eigenvalue weighted by atomic mass is 10.2. The molecule has 0 radical (unpaired) electrons. The van der Waals surface area contributed by atoms with Crippen LogP contribution < -0.4 is 14.8 Å². The summed E-state index contributed by atoms with van der Waals surface area (Å²) in [5.41, 5.74) is 1.12. The Morgan fingerprint density at radius 3 is 2.57 bits per heavy atom. The van der Waals surface area contributed by atoms with Crippen molar-refractivity contribution in [3.63, 3.8) is 0 Å². The van der Waals surface area contributed by atoms with Crippen molar-refractivity contribution in [2.24, 2.45) is 4.99 Å². The number of hydrogen-bond donors (Lipinski definition) is 2. The summed E-state index contributed by atoms with van der Waals surface area (Å²) in [4.78, 5) is 10.2. The SMILES string of the molecule is CCOc1ccc(CN(C)C(=NC)NCCNS(=O)(=O)c2cccnc2)cc1. The average molecular weight is 406 g/mol. The maximum absolute atomic E-state index is 12.2. The van der Waals surface area contributed by atoms with E-state index in [1.807, 2.05) is 43.1 Å². The van der Waals surface area contributed by atoms with Crippen molar-refractivity contribution in [2.75, 3.05) is 33.8 Å². The molecule has 0 atom stereocenters. The van der Waals surface area contributed by atoms with Crippen LogP contribution in [0.3, 0.4) is 0 Å². The highest BCUT2D eigenvalue weighted by molar-refractivity contribution is 7.89. The number of sulfonamides is 1. The first-order valence-electron chi connectivity index (χ1n) is 8.99. The fraction of sp³-hybridized carbons (Fsp3) is 0.368. The van der Waals surface area contributed by atoms with Gasteiger partial charge in [-0.1, -0.05) is 12.1 Å². The van der Waals surface area contributed by atoms with Crippen LogP contribution in [-0.2, 0) is 16.6 Å². The number of nitrogens with one attached hydrogen (secondary N) is 2. The van der Waals surface area contributed by atoms with Crippen LogP contribution in [0.1, 0.15) is 12.5 Å². The summed E-state index contributed by atoms with van der Waals surface area (Å²) in [7, 11) is 0.0530. The molecule has 2 aromatic rings. The molecule has 0 amide bonds. The van der Waals surface area contributed by atoms with Gasteiger partial charge in [0.2, 0.25) is 10.0 Å². The van der Waals surface area contributed by atoms with E-state index in [1.165, 1.54) is 18.5 Å². The Kier molecular flexibility index (Phi) is 8.21. The highest BCUT2D eigenvalue weighted by atomic mass is 32.2. The molecule has 152 valence electrons. The Hall–Kier alpha value is -2.65. The third kappa shape index (κ3) is 6.50. The Balaban J connectivity index is 1.81. The minimum Gasteiger partial charge on any atom is -0.494 e. The first-order valence-corrected chi connectivity index (χ1v) is 10.5. The predicted molar refractivity (Wildman–Crippen MR) is 110 cm³/mol. The summed E-state index contributed by atoms with van der Waals surface area (Å²) in [6, 6.07) is 11.0. The molecule has 0 saturated carbocycles. The van der Waals surface area contributed by atoms with Gasteiger partial charge < -0.3 is 15.0 Å². The van der Waals surface area contributed by atoms with E-state index in [0.29, 0.717) is 25.7 Å². The molecule has 0 bridgehead atoms. The first kappa shape index (κ1) is 21.6. The van der Waals surface area contributed by atoms with E-state index in [1.54, 1.807) is 13.1 Å². The summed E-state index contributed by atoms with van der Waals surface area (Å²) in [6.07, 6.45) is 2.85. The zero-order chi connectivity index (χ0) is 20.4. The van der Waals surface area contributed by atoms with Crippen LogP contribution in [-0.4, -0.2) is 58.1 Å². The fourth-order valence-corrected chi connectivity index (χ4v) is 3.54. The number of rotatable bonds is 9. The van der Waals surface area contributed by atoms with Gasteiger partial charge in [-0.3, -0.25) is 9.98 Å². The predicted octanol–water partition coefficient (Wildman–Crippen LogP) is 1.47. The number of aliphatic imine (C=N–C) groups is 1. The minimum atomic E-state index is -3.56. The highest BCUT2D eigenvalue weighted by Crippen LogP contribution is 2.13. The van der Waals surface area contributed by atoms with Gasteiger partial charge in [-0.2, -0.15) is 0 Å². The van der Waals surface area contributed by atoms with Gasteiger partial charge in [-0.05, 0) is 36.8 Å². The Bertz CT molecular complexity index is 855. The van der Waals surface area contributed by atoms with Gasteiger partial charge in [0.25, 0.3) is 0 Å². The van der Waals surface area contributed by atoms with E-state index in [-0.39, 0.29) is 11.4 Å². The van der Waals surface area contributed by atoms with Crippen LogP contribution in [0.2, 0.25) is 0 Å². The summed E-state index contributed by atoms with van der Waals surface area (Å²) < 4.78 is 32.3. The molecule has 2 N–H and O–H groups in total. The number of benzene rings is 1. The van der Waals surface area contributed by atoms with E-state index in [9.17, 15) is 8.42 Å². The molecule has 1 aromatic heterocycles. The molecule has 0 aliphatic heterocycles. The van der Waals surface area contributed by atoms with Crippen molar-refractivity contribution in [3.8, 4) is 5.75 Å². The number of guanidine groups is 1.